The van der Waals surface area contributed by atoms with Gasteiger partial charge in [-0.05, 0) is 44.7 Å². The molecule has 0 saturated carbocycles. The van der Waals surface area contributed by atoms with Gasteiger partial charge in [0.15, 0.2) is 0 Å². The van der Waals surface area contributed by atoms with E-state index in [1.165, 1.54) is 0 Å². The summed E-state index contributed by atoms with van der Waals surface area (Å²) in [6.07, 6.45) is 0.182. The molecule has 0 spiro atoms. The van der Waals surface area contributed by atoms with E-state index in [1.807, 2.05) is 48.5 Å². The van der Waals surface area contributed by atoms with Crippen molar-refractivity contribution in [1.82, 2.24) is 0 Å². The Bertz CT molecular complexity index is 743. The Labute approximate surface area is 167 Å². The lowest BCUT2D eigenvalue weighted by Crippen LogP contribution is -2.51. The predicted molar refractivity (Wildman–Crippen MR) is 112 cm³/mol. The lowest BCUT2D eigenvalue weighted by molar-refractivity contribution is -0.163. The van der Waals surface area contributed by atoms with Crippen molar-refractivity contribution in [1.29, 1.82) is 0 Å². The molecule has 0 amide bonds. The summed E-state index contributed by atoms with van der Waals surface area (Å²) in [5.74, 6) is -0.554. The Morgan fingerprint density at radius 1 is 1.04 bits per heavy atom. The first-order chi connectivity index (χ1) is 13.1. The molecule has 0 aliphatic carbocycles. The molecule has 0 bridgehead atoms. The summed E-state index contributed by atoms with van der Waals surface area (Å²) in [6.45, 7) is 5.38. The van der Waals surface area contributed by atoms with Crippen LogP contribution in [-0.2, 0) is 21.5 Å². The third kappa shape index (κ3) is 6.44. The van der Waals surface area contributed by atoms with Crippen molar-refractivity contribution in [2.45, 2.75) is 63.3 Å². The van der Waals surface area contributed by atoms with E-state index >= 15 is 0 Å². The second-order valence-electron chi connectivity index (χ2n) is 8.38. The van der Waals surface area contributed by atoms with E-state index in [4.69, 9.17) is 16.2 Å². The molecule has 28 heavy (non-hydrogen) atoms. The quantitative estimate of drug-likeness (QED) is 0.608. The van der Waals surface area contributed by atoms with Crippen LogP contribution in [-0.4, -0.2) is 28.8 Å². The molecule has 0 radical (unpaired) electrons. The Kier molecular flexibility index (Phi) is 7.35. The van der Waals surface area contributed by atoms with Crippen LogP contribution in [0.2, 0.25) is 0 Å². The van der Waals surface area contributed by atoms with Crippen LogP contribution in [0.3, 0.4) is 0 Å². The number of nitrogens with two attached hydrogens (primary N) is 2. The first-order valence-electron chi connectivity index (χ1n) is 9.65. The molecule has 0 heterocycles. The number of aliphatic hydroxyl groups is 1. The van der Waals surface area contributed by atoms with Crippen molar-refractivity contribution in [2.24, 2.45) is 11.5 Å². The normalized spacial score (nSPS) is 16.1. The summed E-state index contributed by atoms with van der Waals surface area (Å²) in [4.78, 5) is 12.9. The van der Waals surface area contributed by atoms with Crippen molar-refractivity contribution in [2.75, 3.05) is 0 Å². The Morgan fingerprint density at radius 3 is 2.11 bits per heavy atom. The number of hydrogen-bond donors (Lipinski definition) is 3. The Hall–Kier alpha value is -2.21. The van der Waals surface area contributed by atoms with Crippen LogP contribution in [0.25, 0.3) is 0 Å². The second-order valence-corrected chi connectivity index (χ2v) is 8.38. The number of carbonyl (C=O) groups is 1. The zero-order chi connectivity index (χ0) is 20.8. The van der Waals surface area contributed by atoms with Gasteiger partial charge in [-0.2, -0.15) is 0 Å². The minimum atomic E-state index is -1.44. The van der Waals surface area contributed by atoms with Gasteiger partial charge >= 0.3 is 5.97 Å². The zero-order valence-corrected chi connectivity index (χ0v) is 17.0. The van der Waals surface area contributed by atoms with E-state index in [0.717, 1.165) is 5.56 Å². The number of benzene rings is 2. The molecule has 2 aromatic carbocycles. The monoisotopic (exact) mass is 384 g/mol. The molecular weight excluding hydrogens is 352 g/mol. The molecular formula is C23H32N2O3. The fourth-order valence-corrected chi connectivity index (χ4v) is 3.23. The van der Waals surface area contributed by atoms with Gasteiger partial charge in [-0.1, -0.05) is 60.7 Å². The minimum absolute atomic E-state index is 0.0361. The molecule has 152 valence electrons. The average molecular weight is 385 g/mol. The fraction of sp³-hybridized carbons (Fsp3) is 0.435. The van der Waals surface area contributed by atoms with Crippen molar-refractivity contribution in [3.05, 3.63) is 71.8 Å². The highest BCUT2D eigenvalue weighted by molar-refractivity contribution is 5.82. The van der Waals surface area contributed by atoms with Gasteiger partial charge in [0.2, 0.25) is 0 Å². The summed E-state index contributed by atoms with van der Waals surface area (Å²) in [6, 6.07) is 18.7. The highest BCUT2D eigenvalue weighted by atomic mass is 16.6. The summed E-state index contributed by atoms with van der Waals surface area (Å²) < 4.78 is 5.55. The molecule has 0 fully saturated rings. The molecule has 2 rings (SSSR count). The molecule has 5 N–H and O–H groups in total. The van der Waals surface area contributed by atoms with Gasteiger partial charge < -0.3 is 21.3 Å². The topological polar surface area (TPSA) is 98.6 Å². The predicted octanol–water partition coefficient (Wildman–Crippen LogP) is 2.89. The summed E-state index contributed by atoms with van der Waals surface area (Å²) in [5, 5.41) is 10.7. The van der Waals surface area contributed by atoms with E-state index in [0.29, 0.717) is 18.4 Å². The van der Waals surface area contributed by atoms with Crippen molar-refractivity contribution < 1.29 is 14.6 Å². The lowest BCUT2D eigenvalue weighted by atomic mass is 9.83. The fourth-order valence-electron chi connectivity index (χ4n) is 3.23. The maximum atomic E-state index is 12.9. The molecule has 0 saturated heterocycles. The van der Waals surface area contributed by atoms with Crippen LogP contribution in [0.5, 0.6) is 0 Å². The van der Waals surface area contributed by atoms with Crippen LogP contribution in [0.4, 0.5) is 0 Å². The van der Waals surface area contributed by atoms with Gasteiger partial charge in [0, 0.05) is 12.5 Å². The molecule has 0 aliphatic rings. The first-order valence-corrected chi connectivity index (χ1v) is 9.65. The Morgan fingerprint density at radius 2 is 1.57 bits per heavy atom. The van der Waals surface area contributed by atoms with Gasteiger partial charge in [0.05, 0.1) is 6.10 Å². The smallest absolute Gasteiger partial charge is 0.331 e. The molecule has 0 aromatic heterocycles. The highest BCUT2D eigenvalue weighted by Crippen LogP contribution is 2.29. The van der Waals surface area contributed by atoms with Crippen LogP contribution in [0.15, 0.2) is 60.7 Å². The summed E-state index contributed by atoms with van der Waals surface area (Å²) >= 11 is 0. The van der Waals surface area contributed by atoms with Crippen molar-refractivity contribution in [3.8, 4) is 0 Å². The third-order valence-electron chi connectivity index (χ3n) is 4.53. The number of ether oxygens (including phenoxy) is 1. The van der Waals surface area contributed by atoms with Gasteiger partial charge in [-0.3, -0.25) is 0 Å². The molecule has 5 heteroatoms. The van der Waals surface area contributed by atoms with Crippen LogP contribution >= 0.6 is 0 Å². The maximum Gasteiger partial charge on any atom is 0.331 e. The standard InChI is InChI=1S/C23H32N2O3/c1-22(2,3)28-21(27)23(25,18-12-8-5-9-13-18)16-20(26)15-19(24)14-17-10-6-4-7-11-17/h4-13,19-20,26H,14-16,24-25H2,1-3H3. The maximum absolute atomic E-state index is 12.9. The van der Waals surface area contributed by atoms with Gasteiger partial charge in [-0.15, -0.1) is 0 Å². The third-order valence-corrected chi connectivity index (χ3v) is 4.53. The SMILES string of the molecule is CC(C)(C)OC(=O)C(N)(CC(O)CC(N)Cc1ccccc1)c1ccccc1. The molecule has 5 nitrogen and oxygen atoms in total. The molecule has 2 aromatic rings. The van der Waals surface area contributed by atoms with Gasteiger partial charge in [0.25, 0.3) is 0 Å². The molecule has 0 aliphatic heterocycles. The van der Waals surface area contributed by atoms with E-state index < -0.39 is 23.2 Å². The summed E-state index contributed by atoms with van der Waals surface area (Å²) in [5.41, 5.74) is 12.3. The molecule has 3 unspecified atom stereocenters. The number of hydrogen-bond acceptors (Lipinski definition) is 5. The number of rotatable bonds is 8. The number of aliphatic hydroxyl groups excluding tert-OH is 1. The largest absolute Gasteiger partial charge is 0.458 e. The second kappa shape index (κ2) is 9.32. The van der Waals surface area contributed by atoms with E-state index in [-0.39, 0.29) is 12.5 Å². The Balaban J connectivity index is 2.12. The average Bonchev–Trinajstić information content (AvgIpc) is 2.61. The van der Waals surface area contributed by atoms with Gasteiger partial charge in [0.1, 0.15) is 11.1 Å². The first kappa shape index (κ1) is 22.1. The van der Waals surface area contributed by atoms with Gasteiger partial charge in [-0.25, -0.2) is 4.79 Å². The van der Waals surface area contributed by atoms with Crippen LogP contribution in [0, 0.1) is 0 Å². The van der Waals surface area contributed by atoms with Crippen molar-refractivity contribution in [3.63, 3.8) is 0 Å². The van der Waals surface area contributed by atoms with Crippen LogP contribution < -0.4 is 11.5 Å². The highest BCUT2D eigenvalue weighted by Gasteiger charge is 2.41. The van der Waals surface area contributed by atoms with Crippen LogP contribution in [0.1, 0.15) is 44.7 Å². The zero-order valence-electron chi connectivity index (χ0n) is 17.0. The van der Waals surface area contributed by atoms with E-state index in [1.54, 1.807) is 32.9 Å². The number of carbonyl (C=O) groups excluding carboxylic acids is 1. The van der Waals surface area contributed by atoms with Crippen molar-refractivity contribution >= 4 is 5.97 Å². The number of esters is 1. The van der Waals surface area contributed by atoms with E-state index in [9.17, 15) is 9.90 Å². The van der Waals surface area contributed by atoms with E-state index in [2.05, 4.69) is 0 Å². The lowest BCUT2D eigenvalue weighted by Gasteiger charge is -2.33. The summed E-state index contributed by atoms with van der Waals surface area (Å²) in [7, 11) is 0. The minimum Gasteiger partial charge on any atom is -0.458 e. The molecule has 3 atom stereocenters.